The molecule has 0 unspecified atom stereocenters. The van der Waals surface area contributed by atoms with Crippen LogP contribution in [0.2, 0.25) is 5.02 Å². The van der Waals surface area contributed by atoms with Gasteiger partial charge in [0, 0.05) is 10.9 Å². The van der Waals surface area contributed by atoms with E-state index >= 15 is 0 Å². The zero-order chi connectivity index (χ0) is 23.6. The van der Waals surface area contributed by atoms with E-state index in [4.69, 9.17) is 25.7 Å². The molecule has 5 aromatic rings. The number of oxazole rings is 1. The van der Waals surface area contributed by atoms with E-state index < -0.39 is 11.6 Å². The van der Waals surface area contributed by atoms with Crippen molar-refractivity contribution in [3.05, 3.63) is 69.4 Å². The molecule has 0 bridgehead atoms. The molecule has 0 atom stereocenters. The van der Waals surface area contributed by atoms with E-state index in [-0.39, 0.29) is 32.6 Å². The molecule has 7 nitrogen and oxygen atoms in total. The summed E-state index contributed by atoms with van der Waals surface area (Å²) in [7, 11) is 1.61. The van der Waals surface area contributed by atoms with Crippen molar-refractivity contribution in [3.63, 3.8) is 0 Å². The van der Waals surface area contributed by atoms with Crippen LogP contribution in [0.3, 0.4) is 0 Å². The summed E-state index contributed by atoms with van der Waals surface area (Å²) in [5, 5.41) is 10.9. The topological polar surface area (TPSA) is 90.4 Å². The highest BCUT2D eigenvalue weighted by Crippen LogP contribution is 2.46. The number of methoxy groups -OCH3 is 1. The van der Waals surface area contributed by atoms with Gasteiger partial charge in [-0.2, -0.15) is 0 Å². The van der Waals surface area contributed by atoms with Gasteiger partial charge in [-0.15, -0.1) is 11.3 Å². The second kappa shape index (κ2) is 7.82. The van der Waals surface area contributed by atoms with Gasteiger partial charge >= 0.3 is 0 Å². The van der Waals surface area contributed by atoms with Crippen LogP contribution in [0.4, 0.5) is 4.39 Å². The van der Waals surface area contributed by atoms with E-state index in [1.165, 1.54) is 17.2 Å². The molecule has 3 aromatic heterocycles. The van der Waals surface area contributed by atoms with Crippen molar-refractivity contribution in [2.45, 2.75) is 25.3 Å². The maximum atomic E-state index is 14.2. The van der Waals surface area contributed by atoms with Crippen molar-refractivity contribution in [2.24, 2.45) is 0 Å². The Balaban J connectivity index is 1.70. The maximum absolute atomic E-state index is 14.2. The van der Waals surface area contributed by atoms with E-state index in [2.05, 4.69) is 4.98 Å². The molecule has 1 aliphatic rings. The number of fused-ring (bicyclic) bond motifs is 3. The van der Waals surface area contributed by atoms with Crippen LogP contribution in [0.25, 0.3) is 31.7 Å². The minimum Gasteiger partial charge on any atom is -0.504 e. The number of ether oxygens (including phenoxy) is 1. The van der Waals surface area contributed by atoms with Crippen molar-refractivity contribution >= 4 is 43.2 Å². The molecule has 2 aromatic carbocycles. The minimum atomic E-state index is -0.850. The average molecular weight is 498 g/mol. The van der Waals surface area contributed by atoms with E-state index in [9.17, 15) is 14.3 Å². The number of benzene rings is 2. The Morgan fingerprint density at radius 3 is 2.85 bits per heavy atom. The highest BCUT2D eigenvalue weighted by Gasteiger charge is 2.30. The second-order valence-electron chi connectivity index (χ2n) is 8.20. The Labute approximate surface area is 201 Å². The molecule has 1 saturated carbocycles. The zero-order valence-corrected chi connectivity index (χ0v) is 19.4. The number of nitrogens with zero attached hydrogens (tertiary/aromatic N) is 3. The van der Waals surface area contributed by atoms with E-state index in [0.717, 1.165) is 47.1 Å². The molecule has 0 saturated heterocycles. The molecule has 1 fully saturated rings. The van der Waals surface area contributed by atoms with Gasteiger partial charge in [-0.3, -0.25) is 9.36 Å². The number of hydrogen-bond acceptors (Lipinski definition) is 7. The van der Waals surface area contributed by atoms with Crippen molar-refractivity contribution in [3.8, 4) is 22.9 Å². The SMILES string of the molecule is COc1ccc(-c2nc3sc4c(O)c(F)cc(Cl)c4c3c(=O)n2Cc2cnco2)c(C2CC2)c1. The molecule has 1 aliphatic carbocycles. The van der Waals surface area contributed by atoms with Gasteiger partial charge in [0.25, 0.3) is 5.56 Å². The number of aromatic nitrogens is 3. The highest BCUT2D eigenvalue weighted by atomic mass is 35.5. The predicted octanol–water partition coefficient (Wildman–Crippen LogP) is 5.70. The second-order valence-corrected chi connectivity index (χ2v) is 9.60. The molecule has 0 radical (unpaired) electrons. The van der Waals surface area contributed by atoms with Crippen molar-refractivity contribution in [1.82, 2.24) is 14.5 Å². The van der Waals surface area contributed by atoms with Crippen molar-refractivity contribution in [1.29, 1.82) is 0 Å². The summed E-state index contributed by atoms with van der Waals surface area (Å²) in [5.41, 5.74) is 1.49. The Morgan fingerprint density at radius 1 is 1.32 bits per heavy atom. The molecule has 10 heteroatoms. The average Bonchev–Trinajstić information content (AvgIpc) is 3.40. The Morgan fingerprint density at radius 2 is 2.15 bits per heavy atom. The quantitative estimate of drug-likeness (QED) is 0.335. The standard InChI is InChI=1S/C24H17ClFN3O4S/c1-32-12-4-5-14(15(6-12)11-2-3-11)22-28-23-19(24(31)29(22)9-13-8-27-10-33-13)18-16(25)7-17(26)20(30)21(18)34-23/h4-8,10-11,30H,2-3,9H2,1H3. The molecule has 0 amide bonds. The Kier molecular flexibility index (Phi) is 4.86. The molecule has 34 heavy (non-hydrogen) atoms. The Hall–Kier alpha value is -3.43. The number of rotatable bonds is 5. The first kappa shape index (κ1) is 21.1. The van der Waals surface area contributed by atoms with Gasteiger partial charge in [-0.25, -0.2) is 14.4 Å². The first-order valence-electron chi connectivity index (χ1n) is 10.6. The number of aromatic hydroxyl groups is 1. The van der Waals surface area contributed by atoms with Crippen LogP contribution in [0.5, 0.6) is 11.5 Å². The van der Waals surface area contributed by atoms with Crippen LogP contribution in [0, 0.1) is 5.82 Å². The van der Waals surface area contributed by atoms with Gasteiger partial charge in [0.1, 0.15) is 22.2 Å². The third-order valence-corrected chi connectivity index (χ3v) is 7.45. The number of phenols is 1. The van der Waals surface area contributed by atoms with Gasteiger partial charge in [-0.05, 0) is 48.6 Å². The maximum Gasteiger partial charge on any atom is 0.263 e. The summed E-state index contributed by atoms with van der Waals surface area (Å²) in [6.07, 6.45) is 4.92. The molecular formula is C24H17ClFN3O4S. The summed E-state index contributed by atoms with van der Waals surface area (Å²) in [6.45, 7) is 0.0926. The van der Waals surface area contributed by atoms with Crippen molar-refractivity contribution < 1.29 is 18.7 Å². The van der Waals surface area contributed by atoms with E-state index in [1.54, 1.807) is 7.11 Å². The normalized spacial score (nSPS) is 13.7. The van der Waals surface area contributed by atoms with Crippen LogP contribution in [-0.2, 0) is 6.54 Å². The first-order chi connectivity index (χ1) is 16.5. The number of phenolic OH excluding ortho intramolecular Hbond substituents is 1. The molecular weight excluding hydrogens is 481 g/mol. The molecule has 3 heterocycles. The summed E-state index contributed by atoms with van der Waals surface area (Å²) < 4.78 is 26.7. The monoisotopic (exact) mass is 497 g/mol. The lowest BCUT2D eigenvalue weighted by Gasteiger charge is -2.15. The van der Waals surface area contributed by atoms with Gasteiger partial charge in [0.05, 0.1) is 35.0 Å². The third kappa shape index (κ3) is 3.26. The molecule has 0 spiro atoms. The van der Waals surface area contributed by atoms with Gasteiger partial charge in [0.15, 0.2) is 18.0 Å². The lowest BCUT2D eigenvalue weighted by molar-refractivity contribution is 0.414. The zero-order valence-electron chi connectivity index (χ0n) is 17.8. The van der Waals surface area contributed by atoms with Crippen LogP contribution in [0.1, 0.15) is 30.1 Å². The molecule has 0 aliphatic heterocycles. The number of thiophene rings is 1. The fourth-order valence-corrected chi connectivity index (χ4v) is 5.74. The van der Waals surface area contributed by atoms with E-state index in [0.29, 0.717) is 22.3 Å². The fourth-order valence-electron chi connectivity index (χ4n) is 4.27. The summed E-state index contributed by atoms with van der Waals surface area (Å²) in [6, 6.07) is 6.72. The van der Waals surface area contributed by atoms with Crippen LogP contribution >= 0.6 is 22.9 Å². The van der Waals surface area contributed by atoms with Crippen LogP contribution in [-0.4, -0.2) is 26.8 Å². The first-order valence-corrected chi connectivity index (χ1v) is 11.8. The number of halogens is 2. The van der Waals surface area contributed by atoms with Gasteiger partial charge in [-0.1, -0.05) is 11.6 Å². The Bertz CT molecular complexity index is 1640. The predicted molar refractivity (Wildman–Crippen MR) is 128 cm³/mol. The third-order valence-electron chi connectivity index (χ3n) is 6.06. The molecule has 1 N–H and O–H groups in total. The lowest BCUT2D eigenvalue weighted by atomic mass is 10.0. The highest BCUT2D eigenvalue weighted by molar-refractivity contribution is 7.25. The minimum absolute atomic E-state index is 0.0394. The summed E-state index contributed by atoms with van der Waals surface area (Å²) in [5.74, 6) is 0.605. The summed E-state index contributed by atoms with van der Waals surface area (Å²) >= 11 is 7.36. The fraction of sp³-hybridized carbons (Fsp3) is 0.208. The lowest BCUT2D eigenvalue weighted by Crippen LogP contribution is -2.24. The molecule has 6 rings (SSSR count). The van der Waals surface area contributed by atoms with E-state index in [1.807, 2.05) is 18.2 Å². The summed E-state index contributed by atoms with van der Waals surface area (Å²) in [4.78, 5) is 23.1. The molecule has 172 valence electrons. The van der Waals surface area contributed by atoms with Crippen LogP contribution in [0.15, 0.2) is 46.1 Å². The largest absolute Gasteiger partial charge is 0.504 e. The number of hydrogen-bond donors (Lipinski definition) is 1. The van der Waals surface area contributed by atoms with Crippen molar-refractivity contribution in [2.75, 3.05) is 7.11 Å². The smallest absolute Gasteiger partial charge is 0.263 e. The van der Waals surface area contributed by atoms with Crippen LogP contribution < -0.4 is 10.3 Å². The van der Waals surface area contributed by atoms with Gasteiger partial charge in [0.2, 0.25) is 0 Å². The van der Waals surface area contributed by atoms with Gasteiger partial charge < -0.3 is 14.3 Å².